The van der Waals surface area contributed by atoms with Gasteiger partial charge in [-0.05, 0) is 17.7 Å². The minimum Gasteiger partial charge on any atom is -0.352 e. The molecule has 1 aliphatic heterocycles. The van der Waals surface area contributed by atoms with Crippen molar-refractivity contribution in [3.8, 4) is 0 Å². The number of halogens is 2. The van der Waals surface area contributed by atoms with E-state index in [4.69, 9.17) is 0 Å². The van der Waals surface area contributed by atoms with Gasteiger partial charge in [0.2, 0.25) is 0 Å². The molecular formula is C17H17F2N7O. The Morgan fingerprint density at radius 2 is 1.93 bits per heavy atom. The van der Waals surface area contributed by atoms with Crippen molar-refractivity contribution < 1.29 is 13.6 Å². The number of carbonyl (C=O) groups excluding carboxylic acids is 1. The third-order valence-corrected chi connectivity index (χ3v) is 4.49. The van der Waals surface area contributed by atoms with Gasteiger partial charge in [-0.25, -0.2) is 18.6 Å². The number of aromatic nitrogens is 4. The lowest BCUT2D eigenvalue weighted by Crippen LogP contribution is -2.52. The smallest absolute Gasteiger partial charge is 0.317 e. The van der Waals surface area contributed by atoms with Gasteiger partial charge < -0.3 is 15.1 Å². The molecule has 0 spiro atoms. The van der Waals surface area contributed by atoms with Gasteiger partial charge in [0, 0.05) is 32.7 Å². The van der Waals surface area contributed by atoms with Gasteiger partial charge >= 0.3 is 6.03 Å². The van der Waals surface area contributed by atoms with E-state index in [0.717, 1.165) is 18.0 Å². The molecule has 1 fully saturated rings. The van der Waals surface area contributed by atoms with Gasteiger partial charge in [0.05, 0.1) is 12.4 Å². The molecule has 0 unspecified atom stereocenters. The van der Waals surface area contributed by atoms with Crippen LogP contribution in [0.15, 0.2) is 36.9 Å². The van der Waals surface area contributed by atoms with Crippen LogP contribution in [0.4, 0.5) is 19.4 Å². The molecule has 3 aromatic rings. The molecule has 0 saturated carbocycles. The number of benzene rings is 1. The van der Waals surface area contributed by atoms with Crippen LogP contribution in [0.1, 0.15) is 5.56 Å². The Kier molecular flexibility index (Phi) is 4.53. The van der Waals surface area contributed by atoms with E-state index in [0.29, 0.717) is 37.4 Å². The fourth-order valence-electron chi connectivity index (χ4n) is 3.03. The molecule has 1 aliphatic rings. The highest BCUT2D eigenvalue weighted by molar-refractivity contribution is 5.74. The number of carbonyl (C=O) groups is 1. The summed E-state index contributed by atoms with van der Waals surface area (Å²) in [7, 11) is 0. The average Bonchev–Trinajstić information content (AvgIpc) is 3.18. The second-order valence-electron chi connectivity index (χ2n) is 6.18. The monoisotopic (exact) mass is 373 g/mol. The lowest BCUT2D eigenvalue weighted by atomic mass is 10.2. The summed E-state index contributed by atoms with van der Waals surface area (Å²) >= 11 is 0. The van der Waals surface area contributed by atoms with Gasteiger partial charge in [0.25, 0.3) is 0 Å². The van der Waals surface area contributed by atoms with Crippen molar-refractivity contribution in [2.75, 3.05) is 31.1 Å². The van der Waals surface area contributed by atoms with Crippen LogP contribution in [0.5, 0.6) is 0 Å². The van der Waals surface area contributed by atoms with Crippen molar-refractivity contribution in [3.05, 3.63) is 54.1 Å². The maximum Gasteiger partial charge on any atom is 0.317 e. The van der Waals surface area contributed by atoms with E-state index in [9.17, 15) is 13.6 Å². The first kappa shape index (κ1) is 17.1. The Labute approximate surface area is 153 Å². The Hall–Kier alpha value is -3.30. The van der Waals surface area contributed by atoms with E-state index >= 15 is 0 Å². The molecule has 140 valence electrons. The number of hydrogen-bond acceptors (Lipinski definition) is 5. The number of urea groups is 1. The number of nitrogens with one attached hydrogen (secondary N) is 1. The maximum absolute atomic E-state index is 13.2. The van der Waals surface area contributed by atoms with Crippen molar-refractivity contribution in [1.29, 1.82) is 0 Å². The van der Waals surface area contributed by atoms with Crippen molar-refractivity contribution in [2.24, 2.45) is 0 Å². The van der Waals surface area contributed by atoms with E-state index < -0.39 is 11.6 Å². The van der Waals surface area contributed by atoms with Crippen LogP contribution < -0.4 is 10.2 Å². The zero-order valence-corrected chi connectivity index (χ0v) is 14.3. The fourth-order valence-corrected chi connectivity index (χ4v) is 3.03. The highest BCUT2D eigenvalue weighted by Gasteiger charge is 2.23. The predicted molar refractivity (Wildman–Crippen MR) is 93.2 cm³/mol. The summed E-state index contributed by atoms with van der Waals surface area (Å²) in [5.74, 6) is -1.00. The fraction of sp³-hybridized carbons (Fsp3) is 0.294. The lowest BCUT2D eigenvalue weighted by Gasteiger charge is -2.35. The van der Waals surface area contributed by atoms with Crippen LogP contribution in [0.2, 0.25) is 0 Å². The third-order valence-electron chi connectivity index (χ3n) is 4.49. The topological polar surface area (TPSA) is 78.7 Å². The summed E-state index contributed by atoms with van der Waals surface area (Å²) in [6.45, 7) is 2.43. The van der Waals surface area contributed by atoms with Gasteiger partial charge in [-0.15, -0.1) is 0 Å². The molecule has 0 aliphatic carbocycles. The summed E-state index contributed by atoms with van der Waals surface area (Å²) in [6.07, 6.45) is 4.83. The van der Waals surface area contributed by atoms with Gasteiger partial charge in [0.15, 0.2) is 23.1 Å². The quantitative estimate of drug-likeness (QED) is 0.752. The minimum atomic E-state index is -0.925. The normalized spacial score (nSPS) is 14.6. The molecule has 2 aromatic heterocycles. The van der Waals surface area contributed by atoms with Crippen molar-refractivity contribution >= 4 is 17.5 Å². The van der Waals surface area contributed by atoms with E-state index in [-0.39, 0.29) is 12.6 Å². The molecule has 27 heavy (non-hydrogen) atoms. The maximum atomic E-state index is 13.2. The zero-order valence-electron chi connectivity index (χ0n) is 14.3. The second kappa shape index (κ2) is 7.14. The summed E-state index contributed by atoms with van der Waals surface area (Å²) in [5.41, 5.74) is 1.17. The molecule has 0 bridgehead atoms. The summed E-state index contributed by atoms with van der Waals surface area (Å²) in [6, 6.07) is 3.34. The number of nitrogens with zero attached hydrogens (tertiary/aromatic N) is 6. The number of fused-ring (bicyclic) bond motifs is 1. The predicted octanol–water partition coefficient (Wildman–Crippen LogP) is 1.43. The summed E-state index contributed by atoms with van der Waals surface area (Å²) in [4.78, 5) is 24.4. The Morgan fingerprint density at radius 3 is 2.70 bits per heavy atom. The number of amides is 2. The number of hydrogen-bond donors (Lipinski definition) is 1. The highest BCUT2D eigenvalue weighted by Crippen LogP contribution is 2.16. The standard InChI is InChI=1S/C17H17F2N7O/c18-13-2-1-12(7-14(13)19)8-21-17(27)25-5-3-24(4-6-25)16-10-20-9-15-22-11-23-26(15)16/h1-2,7,9-11H,3-6,8H2,(H,21,27). The molecule has 1 aromatic carbocycles. The van der Waals surface area contributed by atoms with Crippen LogP contribution in [0.25, 0.3) is 5.65 Å². The Balaban J connectivity index is 1.34. The Morgan fingerprint density at radius 1 is 1.11 bits per heavy atom. The van der Waals surface area contributed by atoms with Gasteiger partial charge in [-0.1, -0.05) is 6.07 Å². The van der Waals surface area contributed by atoms with Crippen LogP contribution in [-0.2, 0) is 6.54 Å². The first-order valence-electron chi connectivity index (χ1n) is 8.47. The third kappa shape index (κ3) is 3.50. The largest absolute Gasteiger partial charge is 0.352 e. The molecule has 2 amide bonds. The first-order valence-corrected chi connectivity index (χ1v) is 8.47. The number of piperazine rings is 1. The van der Waals surface area contributed by atoms with Gasteiger partial charge in [-0.3, -0.25) is 4.98 Å². The van der Waals surface area contributed by atoms with Crippen LogP contribution in [-0.4, -0.2) is 56.7 Å². The SMILES string of the molecule is O=C(NCc1ccc(F)c(F)c1)N1CCN(c2cncc3ncnn23)CC1. The molecule has 4 rings (SSSR count). The molecule has 10 heteroatoms. The molecule has 3 heterocycles. The minimum absolute atomic E-state index is 0.137. The van der Waals surface area contributed by atoms with Crippen LogP contribution in [0.3, 0.4) is 0 Å². The van der Waals surface area contributed by atoms with Crippen LogP contribution in [0, 0.1) is 11.6 Å². The van der Waals surface area contributed by atoms with E-state index in [1.54, 1.807) is 21.8 Å². The number of rotatable bonds is 3. The lowest BCUT2D eigenvalue weighted by molar-refractivity contribution is 0.193. The van der Waals surface area contributed by atoms with Gasteiger partial charge in [0.1, 0.15) is 6.33 Å². The molecule has 8 nitrogen and oxygen atoms in total. The van der Waals surface area contributed by atoms with E-state index in [1.165, 1.54) is 12.4 Å². The molecule has 1 saturated heterocycles. The van der Waals surface area contributed by atoms with Crippen molar-refractivity contribution in [2.45, 2.75) is 6.54 Å². The molecule has 0 radical (unpaired) electrons. The van der Waals surface area contributed by atoms with Crippen molar-refractivity contribution in [1.82, 2.24) is 29.8 Å². The number of anilines is 1. The summed E-state index contributed by atoms with van der Waals surface area (Å²) in [5, 5.41) is 6.93. The molecular weight excluding hydrogens is 356 g/mol. The zero-order chi connectivity index (χ0) is 18.8. The highest BCUT2D eigenvalue weighted by atomic mass is 19.2. The van der Waals surface area contributed by atoms with Crippen molar-refractivity contribution in [3.63, 3.8) is 0 Å². The molecule has 0 atom stereocenters. The van der Waals surface area contributed by atoms with E-state index in [1.807, 2.05) is 0 Å². The Bertz CT molecular complexity index is 969. The molecule has 1 N–H and O–H groups in total. The first-order chi connectivity index (χ1) is 13.1. The van der Waals surface area contributed by atoms with E-state index in [2.05, 4.69) is 25.3 Å². The average molecular weight is 373 g/mol. The van der Waals surface area contributed by atoms with Gasteiger partial charge in [-0.2, -0.15) is 9.61 Å². The second-order valence-corrected chi connectivity index (χ2v) is 6.18. The summed E-state index contributed by atoms with van der Waals surface area (Å²) < 4.78 is 27.9. The van der Waals surface area contributed by atoms with Crippen LogP contribution >= 0.6 is 0 Å².